The van der Waals surface area contributed by atoms with E-state index in [1.807, 2.05) is 0 Å². The van der Waals surface area contributed by atoms with Crippen LogP contribution in [0, 0.1) is 5.82 Å². The van der Waals surface area contributed by atoms with Crippen LogP contribution in [-0.4, -0.2) is 22.4 Å². The minimum Gasteiger partial charge on any atom is -0.352 e. The number of aryl methyl sites for hydroxylation is 1. The standard InChI is InChI=1S/C13H13BrFN3O/c14-9-3-4-10(11(15)8-9)13(19)18-5-1-2-12-16-6-7-17-12/h3-4,6-8H,1-2,5H2,(H,16,17)(H,18,19). The number of halogens is 2. The second-order valence-electron chi connectivity index (χ2n) is 4.02. The molecular weight excluding hydrogens is 313 g/mol. The lowest BCUT2D eigenvalue weighted by molar-refractivity contribution is 0.0949. The van der Waals surface area contributed by atoms with Gasteiger partial charge in [-0.1, -0.05) is 15.9 Å². The summed E-state index contributed by atoms with van der Waals surface area (Å²) >= 11 is 3.15. The molecule has 1 aromatic carbocycles. The van der Waals surface area contributed by atoms with E-state index < -0.39 is 11.7 Å². The highest BCUT2D eigenvalue weighted by molar-refractivity contribution is 9.10. The number of nitrogens with zero attached hydrogens (tertiary/aromatic N) is 1. The summed E-state index contributed by atoms with van der Waals surface area (Å²) in [7, 11) is 0. The molecule has 0 radical (unpaired) electrons. The lowest BCUT2D eigenvalue weighted by atomic mass is 10.2. The molecule has 2 rings (SSSR count). The van der Waals surface area contributed by atoms with Gasteiger partial charge in [0.05, 0.1) is 5.56 Å². The number of carbonyl (C=O) groups is 1. The van der Waals surface area contributed by atoms with E-state index in [0.29, 0.717) is 11.0 Å². The molecular formula is C13H13BrFN3O. The van der Waals surface area contributed by atoms with Crippen LogP contribution in [0.4, 0.5) is 4.39 Å². The zero-order valence-corrected chi connectivity index (χ0v) is 11.7. The molecule has 0 saturated heterocycles. The lowest BCUT2D eigenvalue weighted by Crippen LogP contribution is -2.25. The second-order valence-corrected chi connectivity index (χ2v) is 4.94. The van der Waals surface area contributed by atoms with Crippen molar-refractivity contribution >= 4 is 21.8 Å². The van der Waals surface area contributed by atoms with Crippen molar-refractivity contribution in [1.82, 2.24) is 15.3 Å². The fourth-order valence-electron chi connectivity index (χ4n) is 1.66. The fourth-order valence-corrected chi connectivity index (χ4v) is 1.99. The maximum Gasteiger partial charge on any atom is 0.254 e. The highest BCUT2D eigenvalue weighted by Gasteiger charge is 2.11. The number of aromatic amines is 1. The van der Waals surface area contributed by atoms with Gasteiger partial charge >= 0.3 is 0 Å². The average Bonchev–Trinajstić information content (AvgIpc) is 2.87. The number of carbonyl (C=O) groups excluding carboxylic acids is 1. The molecule has 1 aromatic heterocycles. The van der Waals surface area contributed by atoms with Crippen LogP contribution in [0.1, 0.15) is 22.6 Å². The Morgan fingerprint density at radius 2 is 2.32 bits per heavy atom. The van der Waals surface area contributed by atoms with Crippen LogP contribution >= 0.6 is 15.9 Å². The molecule has 0 unspecified atom stereocenters. The highest BCUT2D eigenvalue weighted by Crippen LogP contribution is 2.15. The summed E-state index contributed by atoms with van der Waals surface area (Å²) < 4.78 is 14.1. The molecule has 0 bridgehead atoms. The van der Waals surface area contributed by atoms with Crippen LogP contribution in [0.2, 0.25) is 0 Å². The Bertz CT molecular complexity index is 557. The molecule has 2 aromatic rings. The van der Waals surface area contributed by atoms with Crippen LogP contribution in [0.15, 0.2) is 35.1 Å². The minimum absolute atomic E-state index is 0.0567. The van der Waals surface area contributed by atoms with E-state index in [0.717, 1.165) is 18.7 Å². The van der Waals surface area contributed by atoms with Crippen molar-refractivity contribution in [3.63, 3.8) is 0 Å². The number of imidazole rings is 1. The molecule has 0 aliphatic heterocycles. The number of H-pyrrole nitrogens is 1. The summed E-state index contributed by atoms with van der Waals surface area (Å²) in [5.74, 6) is -0.0496. The molecule has 0 spiro atoms. The largest absolute Gasteiger partial charge is 0.352 e. The number of amides is 1. The van der Waals surface area contributed by atoms with E-state index in [1.54, 1.807) is 18.5 Å². The molecule has 0 atom stereocenters. The molecule has 0 saturated carbocycles. The number of hydrogen-bond donors (Lipinski definition) is 2. The van der Waals surface area contributed by atoms with Gasteiger partial charge in [0, 0.05) is 29.8 Å². The highest BCUT2D eigenvalue weighted by atomic mass is 79.9. The normalized spacial score (nSPS) is 10.4. The molecule has 0 fully saturated rings. The van der Waals surface area contributed by atoms with Crippen molar-refractivity contribution in [3.05, 3.63) is 52.3 Å². The first-order valence-corrected chi connectivity index (χ1v) is 6.67. The molecule has 0 aliphatic carbocycles. The maximum atomic E-state index is 13.5. The first-order valence-electron chi connectivity index (χ1n) is 5.88. The molecule has 6 heteroatoms. The second kappa shape index (κ2) is 6.47. The van der Waals surface area contributed by atoms with Crippen molar-refractivity contribution < 1.29 is 9.18 Å². The topological polar surface area (TPSA) is 57.8 Å². The van der Waals surface area contributed by atoms with E-state index in [9.17, 15) is 9.18 Å². The minimum atomic E-state index is -0.530. The van der Waals surface area contributed by atoms with Crippen molar-refractivity contribution in [1.29, 1.82) is 0 Å². The van der Waals surface area contributed by atoms with Crippen molar-refractivity contribution in [2.75, 3.05) is 6.54 Å². The molecule has 0 aliphatic rings. The first kappa shape index (κ1) is 13.7. The van der Waals surface area contributed by atoms with Crippen LogP contribution in [0.5, 0.6) is 0 Å². The summed E-state index contributed by atoms with van der Waals surface area (Å²) in [4.78, 5) is 18.8. The number of aromatic nitrogens is 2. The number of hydrogen-bond acceptors (Lipinski definition) is 2. The predicted octanol–water partition coefficient (Wildman–Crippen LogP) is 2.67. The Morgan fingerprint density at radius 1 is 1.47 bits per heavy atom. The summed E-state index contributed by atoms with van der Waals surface area (Å²) in [5, 5.41) is 2.69. The van der Waals surface area contributed by atoms with Gasteiger partial charge in [0.25, 0.3) is 5.91 Å². The van der Waals surface area contributed by atoms with Crippen molar-refractivity contribution in [3.8, 4) is 0 Å². The summed E-state index contributed by atoms with van der Waals surface area (Å²) in [6.45, 7) is 0.481. The third-order valence-electron chi connectivity index (χ3n) is 2.61. The van der Waals surface area contributed by atoms with Gasteiger partial charge in [-0.3, -0.25) is 4.79 Å². The van der Waals surface area contributed by atoms with Gasteiger partial charge in [-0.15, -0.1) is 0 Å². The molecule has 2 N–H and O–H groups in total. The predicted molar refractivity (Wildman–Crippen MR) is 73.3 cm³/mol. The third-order valence-corrected chi connectivity index (χ3v) is 3.10. The first-order chi connectivity index (χ1) is 9.16. The maximum absolute atomic E-state index is 13.5. The average molecular weight is 326 g/mol. The Balaban J connectivity index is 1.81. The molecule has 4 nitrogen and oxygen atoms in total. The summed E-state index contributed by atoms with van der Waals surface area (Å²) in [5.41, 5.74) is 0.0567. The quantitative estimate of drug-likeness (QED) is 0.830. The van der Waals surface area contributed by atoms with Gasteiger partial charge < -0.3 is 10.3 Å². The smallest absolute Gasteiger partial charge is 0.254 e. The Hall–Kier alpha value is -1.69. The summed E-state index contributed by atoms with van der Waals surface area (Å²) in [6.07, 6.45) is 4.93. The number of rotatable bonds is 5. The number of benzene rings is 1. The molecule has 1 heterocycles. The third kappa shape index (κ3) is 3.89. The van der Waals surface area contributed by atoms with Crippen molar-refractivity contribution in [2.24, 2.45) is 0 Å². The van der Waals surface area contributed by atoms with Crippen LogP contribution in [0.25, 0.3) is 0 Å². The summed E-state index contributed by atoms with van der Waals surface area (Å²) in [6, 6.07) is 4.37. The van der Waals surface area contributed by atoms with Gasteiger partial charge in [-0.2, -0.15) is 0 Å². The Kier molecular flexibility index (Phi) is 4.68. The molecule has 19 heavy (non-hydrogen) atoms. The zero-order valence-electron chi connectivity index (χ0n) is 10.1. The Morgan fingerprint density at radius 3 is 3.00 bits per heavy atom. The van der Waals surface area contributed by atoms with Gasteiger partial charge in [0.15, 0.2) is 0 Å². The van der Waals surface area contributed by atoms with Gasteiger partial charge in [0.1, 0.15) is 11.6 Å². The monoisotopic (exact) mass is 325 g/mol. The van der Waals surface area contributed by atoms with E-state index in [1.165, 1.54) is 12.1 Å². The molecule has 1 amide bonds. The van der Waals surface area contributed by atoms with Gasteiger partial charge in [0.2, 0.25) is 0 Å². The van der Waals surface area contributed by atoms with Crippen LogP contribution in [-0.2, 0) is 6.42 Å². The van der Waals surface area contributed by atoms with E-state index in [2.05, 4.69) is 31.2 Å². The number of nitrogens with one attached hydrogen (secondary N) is 2. The van der Waals surface area contributed by atoms with Crippen LogP contribution in [0.3, 0.4) is 0 Å². The zero-order chi connectivity index (χ0) is 13.7. The van der Waals surface area contributed by atoms with Crippen molar-refractivity contribution in [2.45, 2.75) is 12.8 Å². The van der Waals surface area contributed by atoms with E-state index in [-0.39, 0.29) is 5.56 Å². The van der Waals surface area contributed by atoms with Gasteiger partial charge in [-0.05, 0) is 24.6 Å². The van der Waals surface area contributed by atoms with Crippen LogP contribution < -0.4 is 5.32 Å². The van der Waals surface area contributed by atoms with Gasteiger partial charge in [-0.25, -0.2) is 9.37 Å². The lowest BCUT2D eigenvalue weighted by Gasteiger charge is -2.05. The Labute approximate surface area is 118 Å². The van der Waals surface area contributed by atoms with E-state index >= 15 is 0 Å². The SMILES string of the molecule is O=C(NCCCc1ncc[nH]1)c1ccc(Br)cc1F. The fraction of sp³-hybridized carbons (Fsp3) is 0.231. The molecule has 100 valence electrons. The van der Waals surface area contributed by atoms with E-state index in [4.69, 9.17) is 0 Å².